The summed E-state index contributed by atoms with van der Waals surface area (Å²) in [6.45, 7) is 1.83. The molecule has 0 radical (unpaired) electrons. The van der Waals surface area contributed by atoms with Crippen molar-refractivity contribution in [2.24, 2.45) is 5.10 Å². The number of hydrogen-bond donors (Lipinski definition) is 2. The van der Waals surface area contributed by atoms with Crippen molar-refractivity contribution in [1.29, 1.82) is 0 Å². The number of nitrogens with one attached hydrogen (secondary N) is 1. The van der Waals surface area contributed by atoms with Crippen LogP contribution >= 0.6 is 0 Å². The van der Waals surface area contributed by atoms with Gasteiger partial charge in [-0.15, -0.1) is 0 Å². The van der Waals surface area contributed by atoms with Crippen LogP contribution in [0.25, 0.3) is 0 Å². The molecule has 0 aliphatic carbocycles. The zero-order valence-electron chi connectivity index (χ0n) is 14.5. The summed E-state index contributed by atoms with van der Waals surface area (Å²) in [5.74, 6) is 0.622. The van der Waals surface area contributed by atoms with Gasteiger partial charge in [-0.3, -0.25) is 5.43 Å². The second-order valence-electron chi connectivity index (χ2n) is 5.11. The van der Waals surface area contributed by atoms with Crippen LogP contribution in [0.15, 0.2) is 41.5 Å². The number of anilines is 1. The van der Waals surface area contributed by atoms with E-state index in [1.165, 1.54) is 12.1 Å². The molecule has 2 N–H and O–H groups in total. The smallest absolute Gasteiger partial charge is 0.335 e. The van der Waals surface area contributed by atoms with Gasteiger partial charge in [0.05, 0.1) is 38.3 Å². The minimum Gasteiger partial charge on any atom is -0.493 e. The second kappa shape index (κ2) is 8.05. The number of hydrazone groups is 1. The lowest BCUT2D eigenvalue weighted by molar-refractivity contribution is 0.0697. The van der Waals surface area contributed by atoms with E-state index >= 15 is 0 Å². The number of rotatable bonds is 7. The first-order valence-corrected chi connectivity index (χ1v) is 7.44. The van der Waals surface area contributed by atoms with Crippen LogP contribution < -0.4 is 19.6 Å². The van der Waals surface area contributed by atoms with Crippen LogP contribution in [0.2, 0.25) is 0 Å². The summed E-state index contributed by atoms with van der Waals surface area (Å²) in [6, 6.07) is 9.92. The van der Waals surface area contributed by atoms with E-state index in [2.05, 4.69) is 10.5 Å². The van der Waals surface area contributed by atoms with Crippen molar-refractivity contribution in [3.63, 3.8) is 0 Å². The summed E-state index contributed by atoms with van der Waals surface area (Å²) < 4.78 is 16.0. The fourth-order valence-corrected chi connectivity index (χ4v) is 2.19. The van der Waals surface area contributed by atoms with Crippen molar-refractivity contribution >= 4 is 17.4 Å². The van der Waals surface area contributed by atoms with Crippen LogP contribution in [0.3, 0.4) is 0 Å². The molecule has 7 nitrogen and oxygen atoms in total. The summed E-state index contributed by atoms with van der Waals surface area (Å²) in [7, 11) is 4.65. The lowest BCUT2D eigenvalue weighted by Crippen LogP contribution is -2.03. The quantitative estimate of drug-likeness (QED) is 0.592. The van der Waals surface area contributed by atoms with Crippen LogP contribution in [0.1, 0.15) is 22.8 Å². The first-order chi connectivity index (χ1) is 12.0. The van der Waals surface area contributed by atoms with Gasteiger partial charge in [-0.1, -0.05) is 0 Å². The number of carboxylic acids is 1. The molecule has 0 saturated carbocycles. The summed E-state index contributed by atoms with van der Waals surface area (Å²) in [4.78, 5) is 10.9. The molecule has 2 aromatic rings. The number of nitrogens with zero attached hydrogens (tertiary/aromatic N) is 1. The van der Waals surface area contributed by atoms with Crippen molar-refractivity contribution in [2.75, 3.05) is 26.8 Å². The highest BCUT2D eigenvalue weighted by atomic mass is 16.5. The van der Waals surface area contributed by atoms with Crippen LogP contribution in [0.4, 0.5) is 5.69 Å². The fraction of sp³-hybridized carbons (Fsp3) is 0.222. The molecule has 0 aliphatic rings. The van der Waals surface area contributed by atoms with Gasteiger partial charge in [-0.25, -0.2) is 4.79 Å². The molecule has 0 fully saturated rings. The minimum atomic E-state index is -0.969. The normalized spacial score (nSPS) is 11.0. The van der Waals surface area contributed by atoms with Gasteiger partial charge in [0.15, 0.2) is 11.5 Å². The Morgan fingerprint density at radius 1 is 0.960 bits per heavy atom. The molecular formula is C18H20N2O5. The third-order valence-corrected chi connectivity index (χ3v) is 3.57. The van der Waals surface area contributed by atoms with Crippen LogP contribution in [-0.2, 0) is 0 Å². The predicted octanol–water partition coefficient (Wildman–Crippen LogP) is 3.25. The van der Waals surface area contributed by atoms with Gasteiger partial charge >= 0.3 is 5.97 Å². The minimum absolute atomic E-state index is 0.218. The standard InChI is InChI=1S/C18H20N2O5/c1-11(19-20-14-7-5-12(6-8-14)18(21)22)13-9-15(23-2)17(25-4)16(10-13)24-3/h5-10,20H,1-4H3,(H,21,22). The van der Waals surface area contributed by atoms with E-state index in [-0.39, 0.29) is 5.56 Å². The van der Waals surface area contributed by atoms with Gasteiger partial charge in [0.25, 0.3) is 0 Å². The number of benzene rings is 2. The second-order valence-corrected chi connectivity index (χ2v) is 5.11. The van der Waals surface area contributed by atoms with Crippen LogP contribution in [-0.4, -0.2) is 38.1 Å². The Kier molecular flexibility index (Phi) is 5.84. The Hall–Kier alpha value is -3.22. The van der Waals surface area contributed by atoms with Gasteiger partial charge in [-0.2, -0.15) is 5.10 Å². The summed E-state index contributed by atoms with van der Waals surface area (Å²) in [6.07, 6.45) is 0. The highest BCUT2D eigenvalue weighted by Crippen LogP contribution is 2.38. The average Bonchev–Trinajstić information content (AvgIpc) is 2.64. The summed E-state index contributed by atoms with van der Waals surface area (Å²) in [5, 5.41) is 13.2. The number of methoxy groups -OCH3 is 3. The van der Waals surface area contributed by atoms with Gasteiger partial charge in [0.1, 0.15) is 0 Å². The maximum atomic E-state index is 10.9. The molecule has 2 rings (SSSR count). The van der Waals surface area contributed by atoms with Crippen LogP contribution in [0, 0.1) is 0 Å². The Labute approximate surface area is 145 Å². The average molecular weight is 344 g/mol. The van der Waals surface area contributed by atoms with E-state index in [1.807, 2.05) is 6.92 Å². The van der Waals surface area contributed by atoms with E-state index in [0.717, 1.165) is 5.56 Å². The van der Waals surface area contributed by atoms with Gasteiger partial charge in [0.2, 0.25) is 5.75 Å². The first kappa shape index (κ1) is 18.1. The SMILES string of the molecule is COc1cc(C(C)=NNc2ccc(C(=O)O)cc2)cc(OC)c1OC. The highest BCUT2D eigenvalue weighted by molar-refractivity contribution is 6.00. The van der Waals surface area contributed by atoms with E-state index in [1.54, 1.807) is 45.6 Å². The van der Waals surface area contributed by atoms with Gasteiger partial charge in [0, 0.05) is 5.56 Å². The molecule has 7 heteroatoms. The lowest BCUT2D eigenvalue weighted by Gasteiger charge is -2.14. The molecule has 0 saturated heterocycles. The maximum Gasteiger partial charge on any atom is 0.335 e. The third kappa shape index (κ3) is 4.20. The largest absolute Gasteiger partial charge is 0.493 e. The number of ether oxygens (including phenoxy) is 3. The molecule has 25 heavy (non-hydrogen) atoms. The monoisotopic (exact) mass is 344 g/mol. The zero-order chi connectivity index (χ0) is 18.4. The van der Waals surface area contributed by atoms with Crippen LogP contribution in [0.5, 0.6) is 17.2 Å². The van der Waals surface area contributed by atoms with Gasteiger partial charge in [-0.05, 0) is 43.3 Å². The number of hydrogen-bond acceptors (Lipinski definition) is 6. The number of aromatic carboxylic acids is 1. The first-order valence-electron chi connectivity index (χ1n) is 7.44. The predicted molar refractivity (Wildman–Crippen MR) is 95.3 cm³/mol. The van der Waals surface area contributed by atoms with E-state index in [4.69, 9.17) is 19.3 Å². The molecule has 0 unspecified atom stereocenters. The molecule has 0 aliphatic heterocycles. The maximum absolute atomic E-state index is 10.9. The number of carboxylic acid groups (broad SMARTS) is 1. The Balaban J connectivity index is 2.25. The molecule has 0 spiro atoms. The van der Waals surface area contributed by atoms with E-state index < -0.39 is 5.97 Å². The Morgan fingerprint density at radius 3 is 1.96 bits per heavy atom. The summed E-state index contributed by atoms with van der Waals surface area (Å²) in [5.41, 5.74) is 5.28. The van der Waals surface area contributed by atoms with Crippen molar-refractivity contribution < 1.29 is 24.1 Å². The Bertz CT molecular complexity index is 760. The lowest BCUT2D eigenvalue weighted by atomic mass is 10.1. The van der Waals surface area contributed by atoms with E-state index in [9.17, 15) is 4.79 Å². The van der Waals surface area contributed by atoms with Crippen molar-refractivity contribution in [2.45, 2.75) is 6.92 Å². The molecule has 0 amide bonds. The Morgan fingerprint density at radius 2 is 1.52 bits per heavy atom. The molecule has 0 heterocycles. The molecular weight excluding hydrogens is 324 g/mol. The van der Waals surface area contributed by atoms with Gasteiger partial charge < -0.3 is 19.3 Å². The molecule has 0 aromatic heterocycles. The van der Waals surface area contributed by atoms with E-state index in [0.29, 0.717) is 28.6 Å². The molecule has 0 bridgehead atoms. The number of carbonyl (C=O) groups is 1. The topological polar surface area (TPSA) is 89.4 Å². The third-order valence-electron chi connectivity index (χ3n) is 3.57. The molecule has 132 valence electrons. The summed E-state index contributed by atoms with van der Waals surface area (Å²) >= 11 is 0. The molecule has 0 atom stereocenters. The zero-order valence-corrected chi connectivity index (χ0v) is 14.5. The highest BCUT2D eigenvalue weighted by Gasteiger charge is 2.14. The van der Waals surface area contributed by atoms with Crippen molar-refractivity contribution in [1.82, 2.24) is 0 Å². The van der Waals surface area contributed by atoms with Crippen molar-refractivity contribution in [3.05, 3.63) is 47.5 Å². The van der Waals surface area contributed by atoms with Crippen molar-refractivity contribution in [3.8, 4) is 17.2 Å². The fourth-order valence-electron chi connectivity index (χ4n) is 2.19. The molecule has 2 aromatic carbocycles.